The Kier molecular flexibility index (Phi) is 13.8. The molecule has 0 spiro atoms. The first-order valence-electron chi connectivity index (χ1n) is 21.9. The molecule has 0 fully saturated rings. The molecule has 0 N–H and O–H groups in total. The van der Waals surface area contributed by atoms with Gasteiger partial charge in [0.1, 0.15) is 0 Å². The van der Waals surface area contributed by atoms with Crippen molar-refractivity contribution in [1.29, 1.82) is 0 Å². The highest BCUT2D eigenvalue weighted by atomic mass is 14.4. The van der Waals surface area contributed by atoms with Crippen molar-refractivity contribution in [1.82, 2.24) is 0 Å². The van der Waals surface area contributed by atoms with Crippen LogP contribution in [0.3, 0.4) is 0 Å². The third-order valence-electron chi connectivity index (χ3n) is 12.3. The highest BCUT2D eigenvalue weighted by Gasteiger charge is 2.38. The molecule has 8 rings (SSSR count). The molecular weight excluding hydrogens is 721 g/mol. The van der Waals surface area contributed by atoms with Gasteiger partial charge in [0.15, 0.2) is 0 Å². The summed E-state index contributed by atoms with van der Waals surface area (Å²) in [6, 6.07) is 36.1. The highest BCUT2D eigenvalue weighted by Crippen LogP contribution is 2.51. The second-order valence-corrected chi connectivity index (χ2v) is 16.6. The molecule has 3 aliphatic carbocycles. The summed E-state index contributed by atoms with van der Waals surface area (Å²) in [5.41, 5.74) is 26.1. The lowest BCUT2D eigenvalue weighted by atomic mass is 9.76. The molecule has 0 heterocycles. The lowest BCUT2D eigenvalue weighted by molar-refractivity contribution is 0.647. The third kappa shape index (κ3) is 8.66. The van der Waals surface area contributed by atoms with E-state index in [4.69, 9.17) is 0 Å². The minimum absolute atomic E-state index is 0.0145. The monoisotopic (exact) mass is 785 g/mol. The Morgan fingerprint density at radius 2 is 1.22 bits per heavy atom. The van der Waals surface area contributed by atoms with Gasteiger partial charge in [0, 0.05) is 5.41 Å². The van der Waals surface area contributed by atoms with Crippen LogP contribution in [-0.4, -0.2) is 0 Å². The SMILES string of the molecule is C=C(C1=CCCC=C1)C1=C(/C=C\C)c2ccc(C)cc2C1(C)C.C=CC1=C(/C=C\C)c2cc(-c3ccc(C)c(-c4cc(-c5ccccc5C)ccc4C)c3)ccc2C1.CC. The summed E-state index contributed by atoms with van der Waals surface area (Å²) in [5.74, 6) is 0. The zero-order valence-electron chi connectivity index (χ0n) is 37.9. The van der Waals surface area contributed by atoms with Crippen LogP contribution in [0.25, 0.3) is 44.5 Å². The highest BCUT2D eigenvalue weighted by molar-refractivity contribution is 5.91. The maximum atomic E-state index is 4.48. The fraction of sp³-hybridized carbons (Fsp3) is 0.233. The maximum Gasteiger partial charge on any atom is 0.0164 e. The number of benzene rings is 5. The molecule has 5 aromatic rings. The van der Waals surface area contributed by atoms with E-state index in [2.05, 4.69) is 208 Å². The molecule has 3 aliphatic rings. The number of allylic oxidation sites excluding steroid dienone is 14. The van der Waals surface area contributed by atoms with Crippen molar-refractivity contribution in [3.63, 3.8) is 0 Å². The maximum absolute atomic E-state index is 4.48. The van der Waals surface area contributed by atoms with Crippen LogP contribution in [0.4, 0.5) is 0 Å². The summed E-state index contributed by atoms with van der Waals surface area (Å²) in [6.45, 7) is 30.1. The summed E-state index contributed by atoms with van der Waals surface area (Å²) in [6.07, 6.45) is 20.8. The van der Waals surface area contributed by atoms with Crippen LogP contribution in [0, 0.1) is 27.7 Å². The van der Waals surface area contributed by atoms with E-state index < -0.39 is 0 Å². The van der Waals surface area contributed by atoms with Gasteiger partial charge in [0.25, 0.3) is 0 Å². The molecule has 0 aliphatic heterocycles. The third-order valence-corrected chi connectivity index (χ3v) is 12.3. The average molecular weight is 785 g/mol. The zero-order valence-corrected chi connectivity index (χ0v) is 37.9. The van der Waals surface area contributed by atoms with E-state index in [-0.39, 0.29) is 5.41 Å². The molecule has 0 nitrogen and oxygen atoms in total. The summed E-state index contributed by atoms with van der Waals surface area (Å²) in [5, 5.41) is 0. The van der Waals surface area contributed by atoms with Crippen LogP contribution in [-0.2, 0) is 11.8 Å². The van der Waals surface area contributed by atoms with Crippen LogP contribution in [0.5, 0.6) is 0 Å². The largest absolute Gasteiger partial charge is 0.0988 e. The number of rotatable bonds is 8. The molecule has 0 amide bonds. The predicted octanol–water partition coefficient (Wildman–Crippen LogP) is 17.2. The number of hydrogen-bond acceptors (Lipinski definition) is 0. The number of hydrogen-bond donors (Lipinski definition) is 0. The van der Waals surface area contributed by atoms with Crippen molar-refractivity contribution in [2.75, 3.05) is 0 Å². The Labute approximate surface area is 362 Å². The van der Waals surface area contributed by atoms with Crippen molar-refractivity contribution >= 4 is 11.1 Å². The number of fused-ring (bicyclic) bond motifs is 2. The van der Waals surface area contributed by atoms with Crippen LogP contribution in [0.2, 0.25) is 0 Å². The van der Waals surface area contributed by atoms with Gasteiger partial charge in [0.05, 0.1) is 0 Å². The number of aryl methyl sites for hydroxylation is 4. The fourth-order valence-electron chi connectivity index (χ4n) is 9.13. The molecular formula is C60H64. The van der Waals surface area contributed by atoms with Gasteiger partial charge in [-0.1, -0.05) is 174 Å². The predicted molar refractivity (Wildman–Crippen MR) is 265 cm³/mol. The summed E-state index contributed by atoms with van der Waals surface area (Å²) >= 11 is 0. The Bertz CT molecular complexity index is 2630. The van der Waals surface area contributed by atoms with E-state index in [1.54, 1.807) is 0 Å². The molecule has 0 atom stereocenters. The lowest BCUT2D eigenvalue weighted by Crippen LogP contribution is -2.19. The Hall–Kier alpha value is -5.98. The van der Waals surface area contributed by atoms with E-state index in [0.717, 1.165) is 19.3 Å². The van der Waals surface area contributed by atoms with E-state index in [9.17, 15) is 0 Å². The van der Waals surface area contributed by atoms with Crippen LogP contribution in [0.15, 0.2) is 181 Å². The van der Waals surface area contributed by atoms with Crippen molar-refractivity contribution in [3.8, 4) is 33.4 Å². The standard InChI is InChI=1S/C35H32.C23H26.C2H6/c1-6-10-32-26(7-2)19-29-18-17-28(21-35(29)32)27-15-13-24(4)33(20-27)34-22-30(16-14-25(34)5)31-12-9-8-11-23(31)3;1-6-10-20-19-14-13-16(2)15-21(19)23(4,5)22(20)17(3)18-11-8-7-9-12-18;1-2/h6-18,20-22H,2,19H2,1,3-5H3;6,8,10-15H,3,7,9H2,1-2,4-5H3;1-2H3/b2*10-6-;. The van der Waals surface area contributed by atoms with Gasteiger partial charge in [-0.25, -0.2) is 0 Å². The summed E-state index contributed by atoms with van der Waals surface area (Å²) in [7, 11) is 0. The minimum atomic E-state index is -0.0145. The molecule has 0 unspecified atom stereocenters. The van der Waals surface area contributed by atoms with Gasteiger partial charge in [-0.2, -0.15) is 0 Å². The van der Waals surface area contributed by atoms with Gasteiger partial charge < -0.3 is 0 Å². The fourth-order valence-corrected chi connectivity index (χ4v) is 9.13. The van der Waals surface area contributed by atoms with E-state index in [0.29, 0.717) is 0 Å². The van der Waals surface area contributed by atoms with Gasteiger partial charge in [-0.3, -0.25) is 0 Å². The lowest BCUT2D eigenvalue weighted by Gasteiger charge is -2.27. The van der Waals surface area contributed by atoms with Crippen LogP contribution >= 0.6 is 0 Å². The van der Waals surface area contributed by atoms with E-state index >= 15 is 0 Å². The van der Waals surface area contributed by atoms with Crippen molar-refractivity contribution in [3.05, 3.63) is 226 Å². The summed E-state index contributed by atoms with van der Waals surface area (Å²) < 4.78 is 0. The second-order valence-electron chi connectivity index (χ2n) is 16.6. The smallest absolute Gasteiger partial charge is 0.0164 e. The quantitative estimate of drug-likeness (QED) is 0.147. The second kappa shape index (κ2) is 18.9. The molecule has 5 aromatic carbocycles. The molecule has 0 bridgehead atoms. The Morgan fingerprint density at radius 1 is 0.617 bits per heavy atom. The van der Waals surface area contributed by atoms with Gasteiger partial charge >= 0.3 is 0 Å². The molecule has 60 heavy (non-hydrogen) atoms. The van der Waals surface area contributed by atoms with E-state index in [1.165, 1.54) is 111 Å². The molecule has 304 valence electrons. The van der Waals surface area contributed by atoms with Gasteiger partial charge in [0.2, 0.25) is 0 Å². The van der Waals surface area contributed by atoms with Gasteiger partial charge in [-0.15, -0.1) is 0 Å². The first-order valence-corrected chi connectivity index (χ1v) is 21.9. The summed E-state index contributed by atoms with van der Waals surface area (Å²) in [4.78, 5) is 0. The normalized spacial score (nSPS) is 15.0. The molecule has 0 saturated carbocycles. The molecule has 0 saturated heterocycles. The first kappa shape index (κ1) is 43.6. The van der Waals surface area contributed by atoms with Crippen molar-refractivity contribution < 1.29 is 0 Å². The van der Waals surface area contributed by atoms with Crippen molar-refractivity contribution in [2.45, 2.75) is 93.9 Å². The average Bonchev–Trinajstić information content (AvgIpc) is 3.72. The Balaban J connectivity index is 0.000000209. The van der Waals surface area contributed by atoms with E-state index in [1.807, 2.05) is 19.9 Å². The van der Waals surface area contributed by atoms with Crippen LogP contribution < -0.4 is 0 Å². The van der Waals surface area contributed by atoms with Crippen molar-refractivity contribution in [2.24, 2.45) is 0 Å². The minimum Gasteiger partial charge on any atom is -0.0988 e. The van der Waals surface area contributed by atoms with Gasteiger partial charge in [-0.05, 0) is 185 Å². The van der Waals surface area contributed by atoms with Crippen LogP contribution in [0.1, 0.15) is 98.9 Å². The molecule has 0 aromatic heterocycles. The Morgan fingerprint density at radius 3 is 1.85 bits per heavy atom. The molecule has 0 heteroatoms. The topological polar surface area (TPSA) is 0 Å². The molecule has 0 radical (unpaired) electrons. The zero-order chi connectivity index (χ0) is 43.1. The first-order chi connectivity index (χ1) is 29.0.